The molecule has 1 aliphatic rings. The van der Waals surface area contributed by atoms with Gasteiger partial charge in [0.05, 0.1) is 0 Å². The van der Waals surface area contributed by atoms with E-state index in [9.17, 15) is 0 Å². The number of benzene rings is 1. The molecule has 1 aromatic carbocycles. The Kier molecular flexibility index (Phi) is 2.71. The highest BCUT2D eigenvalue weighted by Crippen LogP contribution is 2.25. The van der Waals surface area contributed by atoms with Crippen LogP contribution >= 0.6 is 11.6 Å². The summed E-state index contributed by atoms with van der Waals surface area (Å²) in [6, 6.07) is 7.38. The van der Waals surface area contributed by atoms with Crippen LogP contribution in [0.4, 0.5) is 5.69 Å². The molecule has 0 amide bonds. The lowest BCUT2D eigenvalue weighted by Crippen LogP contribution is -2.55. The third-order valence-corrected chi connectivity index (χ3v) is 2.78. The van der Waals surface area contributed by atoms with Crippen LogP contribution in [0.1, 0.15) is 13.8 Å². The molecule has 0 spiro atoms. The van der Waals surface area contributed by atoms with Crippen LogP contribution in [-0.2, 0) is 0 Å². The Hall–Kier alpha value is -1.75. The summed E-state index contributed by atoms with van der Waals surface area (Å²) in [7, 11) is 0. The minimum absolute atomic E-state index is 0.317. The van der Waals surface area contributed by atoms with Gasteiger partial charge in [-0.05, 0) is 38.1 Å². The Morgan fingerprint density at radius 1 is 1.24 bits per heavy atom. The van der Waals surface area contributed by atoms with Gasteiger partial charge in [-0.15, -0.1) is 0 Å². The quantitative estimate of drug-likeness (QED) is 0.651. The minimum Gasteiger partial charge on any atom is -0.357 e. The van der Waals surface area contributed by atoms with Crippen LogP contribution < -0.4 is 16.8 Å². The van der Waals surface area contributed by atoms with Crippen molar-refractivity contribution in [3.63, 3.8) is 0 Å². The number of nitrogens with one attached hydrogen (secondary N) is 1. The molecule has 1 aromatic rings. The van der Waals surface area contributed by atoms with Gasteiger partial charge in [0.25, 0.3) is 5.96 Å². The second kappa shape index (κ2) is 3.92. The van der Waals surface area contributed by atoms with E-state index >= 15 is 0 Å². The van der Waals surface area contributed by atoms with Gasteiger partial charge in [-0.2, -0.15) is 4.99 Å². The van der Waals surface area contributed by atoms with Crippen LogP contribution in [0.3, 0.4) is 0 Å². The summed E-state index contributed by atoms with van der Waals surface area (Å²) < 4.78 is 1.86. The number of nitrogens with two attached hydrogens (primary N) is 2. The van der Waals surface area contributed by atoms with Crippen molar-refractivity contribution in [2.75, 3.05) is 0 Å². The number of rotatable bonds is 1. The number of hydrogen-bond acceptors (Lipinski definition) is 4. The maximum atomic E-state index is 5.95. The lowest BCUT2D eigenvalue weighted by molar-refractivity contribution is -0.527. The van der Waals surface area contributed by atoms with Gasteiger partial charge in [0, 0.05) is 5.02 Å². The van der Waals surface area contributed by atoms with Gasteiger partial charge in [0.15, 0.2) is 5.66 Å². The third kappa shape index (κ3) is 2.19. The number of halogens is 1. The van der Waals surface area contributed by atoms with Gasteiger partial charge in [0.2, 0.25) is 0 Å². The van der Waals surface area contributed by atoms with E-state index in [0.717, 1.165) is 5.69 Å². The maximum absolute atomic E-state index is 5.95. The van der Waals surface area contributed by atoms with E-state index in [1.807, 2.05) is 42.7 Å². The van der Waals surface area contributed by atoms with E-state index < -0.39 is 5.66 Å². The SMILES string of the molecule is CC1(C)N=C(N)NC(N)=[N+]1c1ccc(Cl)cc1. The molecular weight excluding hydrogens is 238 g/mol. The Labute approximate surface area is 105 Å². The highest BCUT2D eigenvalue weighted by Gasteiger charge is 2.33. The number of aliphatic imine (C=N–C) groups is 1. The largest absolute Gasteiger partial charge is 0.357 e. The molecule has 0 fully saturated rings. The van der Waals surface area contributed by atoms with Crippen molar-refractivity contribution in [3.05, 3.63) is 29.3 Å². The van der Waals surface area contributed by atoms with E-state index in [0.29, 0.717) is 16.9 Å². The van der Waals surface area contributed by atoms with E-state index in [4.69, 9.17) is 23.1 Å². The van der Waals surface area contributed by atoms with E-state index in [-0.39, 0.29) is 0 Å². The first kappa shape index (κ1) is 11.7. The van der Waals surface area contributed by atoms with Gasteiger partial charge in [-0.1, -0.05) is 11.6 Å². The van der Waals surface area contributed by atoms with Gasteiger partial charge >= 0.3 is 5.96 Å². The standard InChI is InChI=1S/C11H14ClN5/c1-11(2)16-9(13)15-10(14)17(11)8-5-3-7(12)4-6-8/h3-6H,1-2H3,(H4,13,14,15,16)/p+1. The Morgan fingerprint density at radius 3 is 2.35 bits per heavy atom. The molecule has 0 bridgehead atoms. The first-order valence-corrected chi connectivity index (χ1v) is 5.58. The second-order valence-corrected chi connectivity index (χ2v) is 4.75. The summed E-state index contributed by atoms with van der Waals surface area (Å²) in [5.41, 5.74) is 12.0. The fraction of sp³-hybridized carbons (Fsp3) is 0.273. The maximum Gasteiger partial charge on any atom is 0.357 e. The predicted molar refractivity (Wildman–Crippen MR) is 69.4 cm³/mol. The van der Waals surface area contributed by atoms with Crippen molar-refractivity contribution in [1.29, 1.82) is 0 Å². The fourth-order valence-corrected chi connectivity index (χ4v) is 2.03. The van der Waals surface area contributed by atoms with Crippen molar-refractivity contribution in [1.82, 2.24) is 5.32 Å². The Bertz CT molecular complexity index is 501. The van der Waals surface area contributed by atoms with Crippen molar-refractivity contribution >= 4 is 29.2 Å². The summed E-state index contributed by atoms with van der Waals surface area (Å²) in [5, 5.41) is 3.49. The molecule has 0 aliphatic carbocycles. The Balaban J connectivity index is 2.50. The first-order valence-electron chi connectivity index (χ1n) is 5.21. The molecule has 0 radical (unpaired) electrons. The highest BCUT2D eigenvalue weighted by atomic mass is 35.5. The van der Waals surface area contributed by atoms with Crippen molar-refractivity contribution in [3.8, 4) is 0 Å². The average Bonchev–Trinajstić information content (AvgIpc) is 2.18. The van der Waals surface area contributed by atoms with Gasteiger partial charge in [0.1, 0.15) is 5.69 Å². The lowest BCUT2D eigenvalue weighted by Gasteiger charge is -2.28. The lowest BCUT2D eigenvalue weighted by atomic mass is 10.2. The molecule has 0 unspecified atom stereocenters. The van der Waals surface area contributed by atoms with Gasteiger partial charge in [-0.25, -0.2) is 9.89 Å². The van der Waals surface area contributed by atoms with Crippen molar-refractivity contribution in [2.45, 2.75) is 19.5 Å². The molecule has 0 atom stereocenters. The van der Waals surface area contributed by atoms with Crippen molar-refractivity contribution in [2.24, 2.45) is 16.5 Å². The summed E-state index contributed by atoms with van der Waals surface area (Å²) in [6.45, 7) is 3.87. The van der Waals surface area contributed by atoms with Gasteiger partial charge < -0.3 is 5.73 Å². The first-order chi connectivity index (χ1) is 7.90. The monoisotopic (exact) mass is 252 g/mol. The van der Waals surface area contributed by atoms with Crippen LogP contribution in [0.2, 0.25) is 5.02 Å². The molecule has 0 saturated heterocycles. The normalized spacial score (nSPS) is 18.6. The zero-order valence-corrected chi connectivity index (χ0v) is 10.5. The summed E-state index contributed by atoms with van der Waals surface area (Å²) in [6.07, 6.45) is 0. The van der Waals surface area contributed by atoms with Crippen molar-refractivity contribution < 1.29 is 4.58 Å². The minimum atomic E-state index is -0.534. The molecule has 0 saturated carbocycles. The third-order valence-electron chi connectivity index (χ3n) is 2.52. The number of nitrogens with zero attached hydrogens (tertiary/aromatic N) is 2. The molecule has 17 heavy (non-hydrogen) atoms. The summed E-state index contributed by atoms with van der Waals surface area (Å²) >= 11 is 5.86. The van der Waals surface area contributed by atoms with Crippen LogP contribution in [0.5, 0.6) is 0 Å². The van der Waals surface area contributed by atoms with E-state index in [1.165, 1.54) is 0 Å². The second-order valence-electron chi connectivity index (χ2n) is 4.31. The van der Waals surface area contributed by atoms with Gasteiger partial charge in [-0.3, -0.25) is 5.73 Å². The molecular formula is C11H15ClN5+. The predicted octanol–water partition coefficient (Wildman–Crippen LogP) is 0.953. The zero-order valence-electron chi connectivity index (χ0n) is 9.74. The number of guanidine groups is 2. The van der Waals surface area contributed by atoms with Crippen LogP contribution in [0, 0.1) is 0 Å². The smallest absolute Gasteiger partial charge is 0.357 e. The Morgan fingerprint density at radius 2 is 1.82 bits per heavy atom. The van der Waals surface area contributed by atoms with Crippen LogP contribution in [0.25, 0.3) is 0 Å². The molecule has 90 valence electrons. The number of hydrogen-bond donors (Lipinski definition) is 3. The molecule has 5 nitrogen and oxygen atoms in total. The topological polar surface area (TPSA) is 79.4 Å². The fourth-order valence-electron chi connectivity index (χ4n) is 1.90. The van der Waals surface area contributed by atoms with E-state index in [1.54, 1.807) is 0 Å². The van der Waals surface area contributed by atoms with E-state index in [2.05, 4.69) is 10.3 Å². The molecule has 2 rings (SSSR count). The zero-order chi connectivity index (χ0) is 12.6. The highest BCUT2D eigenvalue weighted by molar-refractivity contribution is 6.30. The van der Waals surface area contributed by atoms with Crippen LogP contribution in [-0.4, -0.2) is 22.2 Å². The molecule has 6 heteroatoms. The summed E-state index contributed by atoms with van der Waals surface area (Å²) in [5.74, 6) is 0.766. The molecule has 0 aromatic heterocycles. The molecule has 5 N–H and O–H groups in total. The van der Waals surface area contributed by atoms with Crippen LogP contribution in [0.15, 0.2) is 29.3 Å². The average molecular weight is 253 g/mol. The summed E-state index contributed by atoms with van der Waals surface area (Å²) in [4.78, 5) is 4.32. The molecule has 1 aliphatic heterocycles. The molecule has 1 heterocycles.